The number of para-hydroxylation sites is 1. The van der Waals surface area contributed by atoms with Gasteiger partial charge in [-0.05, 0) is 29.3 Å². The lowest BCUT2D eigenvalue weighted by Gasteiger charge is -2.16. The predicted molar refractivity (Wildman–Crippen MR) is 82.3 cm³/mol. The lowest BCUT2D eigenvalue weighted by atomic mass is 9.92. The van der Waals surface area contributed by atoms with Crippen molar-refractivity contribution in [1.82, 2.24) is 0 Å². The Labute approximate surface area is 131 Å². The summed E-state index contributed by atoms with van der Waals surface area (Å²) in [6.07, 6.45) is -3.17. The van der Waals surface area contributed by atoms with Crippen LogP contribution in [-0.4, -0.2) is 12.5 Å². The zero-order valence-corrected chi connectivity index (χ0v) is 12.2. The molecule has 1 heterocycles. The number of alkyl halides is 3. The fourth-order valence-corrected chi connectivity index (χ4v) is 2.94. The van der Waals surface area contributed by atoms with E-state index in [2.05, 4.69) is 6.58 Å². The molecule has 1 aliphatic heterocycles. The molecule has 23 heavy (non-hydrogen) atoms. The van der Waals surface area contributed by atoms with E-state index in [1.54, 1.807) is 23.1 Å². The first-order valence-corrected chi connectivity index (χ1v) is 7.12. The van der Waals surface area contributed by atoms with Crippen LogP contribution in [0.2, 0.25) is 0 Å². The zero-order valence-electron chi connectivity index (χ0n) is 12.2. The molecule has 0 N–H and O–H groups in total. The minimum atomic E-state index is -4.38. The second-order valence-electron chi connectivity index (χ2n) is 5.39. The Bertz CT molecular complexity index is 767. The minimum Gasteiger partial charge on any atom is -0.308 e. The molecule has 0 aliphatic carbocycles. The maximum absolute atomic E-state index is 12.9. The van der Waals surface area contributed by atoms with Gasteiger partial charge in [-0.3, -0.25) is 4.79 Å². The highest BCUT2D eigenvalue weighted by Crippen LogP contribution is 2.41. The first kappa shape index (κ1) is 15.3. The summed E-state index contributed by atoms with van der Waals surface area (Å²) in [6.45, 7) is 3.79. The van der Waals surface area contributed by atoms with Gasteiger partial charge in [0.2, 0.25) is 5.91 Å². The van der Waals surface area contributed by atoms with E-state index >= 15 is 0 Å². The third kappa shape index (κ3) is 2.74. The maximum atomic E-state index is 12.9. The van der Waals surface area contributed by atoms with Crippen LogP contribution < -0.4 is 4.90 Å². The van der Waals surface area contributed by atoms with Crippen LogP contribution in [0.5, 0.6) is 0 Å². The molecule has 118 valence electrons. The zero-order chi connectivity index (χ0) is 16.6. The lowest BCUT2D eigenvalue weighted by molar-refractivity contribution is -0.137. The molecule has 0 spiro atoms. The highest BCUT2D eigenvalue weighted by Gasteiger charge is 2.35. The fourth-order valence-electron chi connectivity index (χ4n) is 2.94. The van der Waals surface area contributed by atoms with Gasteiger partial charge in [-0.15, -0.1) is 0 Å². The van der Waals surface area contributed by atoms with Crippen molar-refractivity contribution in [3.05, 3.63) is 77.9 Å². The molecule has 0 radical (unpaired) electrons. The molecule has 5 heteroatoms. The Morgan fingerprint density at radius 3 is 2.61 bits per heavy atom. The number of fused-ring (bicyclic) bond motifs is 1. The number of halogens is 3. The largest absolute Gasteiger partial charge is 0.416 e. The first-order valence-electron chi connectivity index (χ1n) is 7.12. The quantitative estimate of drug-likeness (QED) is 0.753. The van der Waals surface area contributed by atoms with Gasteiger partial charge < -0.3 is 4.90 Å². The number of nitrogens with zero attached hydrogens (tertiary/aromatic N) is 1. The highest BCUT2D eigenvalue weighted by atomic mass is 19.4. The topological polar surface area (TPSA) is 20.3 Å². The minimum absolute atomic E-state index is 0.257. The molecular weight excluding hydrogens is 303 g/mol. The SMILES string of the molecule is C=CC(=O)N1C[C@@H](c2cccc(C(F)(F)F)c2)c2ccccc21. The lowest BCUT2D eigenvalue weighted by Crippen LogP contribution is -2.28. The average molecular weight is 317 g/mol. The average Bonchev–Trinajstić information content (AvgIpc) is 2.93. The number of anilines is 1. The second kappa shape index (κ2) is 5.57. The van der Waals surface area contributed by atoms with Crippen LogP contribution in [0.1, 0.15) is 22.6 Å². The van der Waals surface area contributed by atoms with Crippen molar-refractivity contribution in [2.75, 3.05) is 11.4 Å². The van der Waals surface area contributed by atoms with Crippen LogP contribution in [0.4, 0.5) is 18.9 Å². The van der Waals surface area contributed by atoms with Gasteiger partial charge >= 0.3 is 6.18 Å². The molecule has 0 aromatic heterocycles. The van der Waals surface area contributed by atoms with Crippen LogP contribution in [0.3, 0.4) is 0 Å². The molecule has 0 fully saturated rings. The summed E-state index contributed by atoms with van der Waals surface area (Å²) >= 11 is 0. The molecule has 2 aromatic rings. The van der Waals surface area contributed by atoms with Gasteiger partial charge in [0.1, 0.15) is 0 Å². The third-order valence-corrected chi connectivity index (χ3v) is 4.03. The molecule has 2 aromatic carbocycles. The van der Waals surface area contributed by atoms with Crippen molar-refractivity contribution in [3.8, 4) is 0 Å². The summed E-state index contributed by atoms with van der Waals surface area (Å²) in [5.74, 6) is -0.538. The summed E-state index contributed by atoms with van der Waals surface area (Å²) in [4.78, 5) is 13.6. The maximum Gasteiger partial charge on any atom is 0.416 e. The molecule has 0 saturated heterocycles. The first-order chi connectivity index (χ1) is 10.9. The van der Waals surface area contributed by atoms with Gasteiger partial charge in [0.25, 0.3) is 0 Å². The van der Waals surface area contributed by atoms with Crippen molar-refractivity contribution in [1.29, 1.82) is 0 Å². The monoisotopic (exact) mass is 317 g/mol. The van der Waals surface area contributed by atoms with E-state index in [0.29, 0.717) is 12.1 Å². The summed E-state index contributed by atoms with van der Waals surface area (Å²) in [5, 5.41) is 0. The van der Waals surface area contributed by atoms with Crippen LogP contribution >= 0.6 is 0 Å². The van der Waals surface area contributed by atoms with Crippen molar-refractivity contribution in [3.63, 3.8) is 0 Å². The molecule has 1 aliphatic rings. The van der Waals surface area contributed by atoms with Crippen LogP contribution in [-0.2, 0) is 11.0 Å². The van der Waals surface area contributed by atoms with Gasteiger partial charge in [0.15, 0.2) is 0 Å². The molecule has 0 bridgehead atoms. The molecule has 0 unspecified atom stereocenters. The summed E-state index contributed by atoms with van der Waals surface area (Å²) in [7, 11) is 0. The van der Waals surface area contributed by atoms with Crippen molar-refractivity contribution in [2.24, 2.45) is 0 Å². The molecule has 2 nitrogen and oxygen atoms in total. The number of carbonyl (C=O) groups excluding carboxylic acids is 1. The Hall–Kier alpha value is -2.56. The number of rotatable bonds is 2. The Balaban J connectivity index is 2.05. The predicted octanol–water partition coefficient (Wildman–Crippen LogP) is 4.37. The molecule has 0 saturated carbocycles. The van der Waals surface area contributed by atoms with Crippen molar-refractivity contribution in [2.45, 2.75) is 12.1 Å². The van der Waals surface area contributed by atoms with E-state index in [-0.39, 0.29) is 11.8 Å². The van der Waals surface area contributed by atoms with Crippen molar-refractivity contribution < 1.29 is 18.0 Å². The summed E-state index contributed by atoms with van der Waals surface area (Å²) in [5.41, 5.74) is 1.44. The smallest absolute Gasteiger partial charge is 0.308 e. The van der Waals surface area contributed by atoms with E-state index in [9.17, 15) is 18.0 Å². The molecule has 1 atom stereocenters. The number of benzene rings is 2. The van der Waals surface area contributed by atoms with Crippen molar-refractivity contribution >= 4 is 11.6 Å². The number of amides is 1. The number of carbonyl (C=O) groups is 1. The standard InChI is InChI=1S/C18H14F3NO/c1-2-17(23)22-11-15(14-8-3-4-9-16(14)22)12-6-5-7-13(10-12)18(19,20)21/h2-10,15H,1,11H2/t15-/m0/s1. The van der Waals surface area contributed by atoms with Gasteiger partial charge in [0, 0.05) is 18.2 Å². The second-order valence-corrected chi connectivity index (χ2v) is 5.39. The van der Waals surface area contributed by atoms with E-state index in [1.165, 1.54) is 12.1 Å². The van der Waals surface area contributed by atoms with E-state index in [1.807, 2.05) is 12.1 Å². The Kier molecular flexibility index (Phi) is 3.72. The molecule has 1 amide bonds. The van der Waals surface area contributed by atoms with E-state index < -0.39 is 11.7 Å². The van der Waals surface area contributed by atoms with Gasteiger partial charge in [-0.25, -0.2) is 0 Å². The number of hydrogen-bond donors (Lipinski definition) is 0. The van der Waals surface area contributed by atoms with Crippen LogP contribution in [0.25, 0.3) is 0 Å². The van der Waals surface area contributed by atoms with Crippen LogP contribution in [0.15, 0.2) is 61.2 Å². The third-order valence-electron chi connectivity index (χ3n) is 4.03. The molecular formula is C18H14F3NO. The van der Waals surface area contributed by atoms with E-state index in [4.69, 9.17) is 0 Å². The summed E-state index contributed by atoms with van der Waals surface area (Å²) in [6, 6.07) is 12.5. The normalized spacial score (nSPS) is 17.0. The highest BCUT2D eigenvalue weighted by molar-refractivity contribution is 6.03. The van der Waals surface area contributed by atoms with Gasteiger partial charge in [0.05, 0.1) is 5.56 Å². The Morgan fingerprint density at radius 1 is 1.17 bits per heavy atom. The fraction of sp³-hybridized carbons (Fsp3) is 0.167. The summed E-state index contributed by atoms with van der Waals surface area (Å²) < 4.78 is 38.8. The van der Waals surface area contributed by atoms with Crippen LogP contribution in [0, 0.1) is 0 Å². The number of hydrogen-bond acceptors (Lipinski definition) is 1. The van der Waals surface area contributed by atoms with E-state index in [0.717, 1.165) is 23.4 Å². The van der Waals surface area contributed by atoms with Gasteiger partial charge in [-0.2, -0.15) is 13.2 Å². The Morgan fingerprint density at radius 2 is 1.91 bits per heavy atom. The molecule has 3 rings (SSSR count). The van der Waals surface area contributed by atoms with Gasteiger partial charge in [-0.1, -0.05) is 43.0 Å².